The van der Waals surface area contributed by atoms with E-state index in [0.717, 1.165) is 0 Å². The van der Waals surface area contributed by atoms with Gasteiger partial charge in [0.1, 0.15) is 0 Å². The van der Waals surface area contributed by atoms with E-state index >= 15 is 0 Å². The van der Waals surface area contributed by atoms with Crippen LogP contribution in [0.2, 0.25) is 0 Å². The van der Waals surface area contributed by atoms with E-state index in [0.29, 0.717) is 17.5 Å². The summed E-state index contributed by atoms with van der Waals surface area (Å²) >= 11 is 0. The fraction of sp³-hybridized carbons (Fsp3) is 0.467. The highest BCUT2D eigenvalue weighted by atomic mass is 32.2. The van der Waals surface area contributed by atoms with Gasteiger partial charge < -0.3 is 5.11 Å². The van der Waals surface area contributed by atoms with Gasteiger partial charge in [-0.05, 0) is 43.0 Å². The average Bonchev–Trinajstić information content (AvgIpc) is 2.42. The summed E-state index contributed by atoms with van der Waals surface area (Å²) in [5.41, 5.74) is 0.963. The first-order valence-corrected chi connectivity index (χ1v) is 8.39. The van der Waals surface area contributed by atoms with Crippen LogP contribution in [0.5, 0.6) is 0 Å². The zero-order chi connectivity index (χ0) is 16.9. The van der Waals surface area contributed by atoms with Gasteiger partial charge >= 0.3 is 5.97 Å². The van der Waals surface area contributed by atoms with E-state index in [1.165, 1.54) is 18.2 Å². The lowest BCUT2D eigenvalue weighted by Crippen LogP contribution is -2.33. The van der Waals surface area contributed by atoms with Gasteiger partial charge in [0, 0.05) is 6.54 Å². The third-order valence-electron chi connectivity index (χ3n) is 3.25. The zero-order valence-corrected chi connectivity index (χ0v) is 13.6. The predicted octanol–water partition coefficient (Wildman–Crippen LogP) is 1.89. The maximum Gasteiger partial charge on any atom is 0.307 e. The number of nitrogens with one attached hydrogen (secondary N) is 1. The van der Waals surface area contributed by atoms with Gasteiger partial charge in [-0.15, -0.1) is 0 Å². The third-order valence-corrected chi connectivity index (χ3v) is 4.67. The van der Waals surface area contributed by atoms with Gasteiger partial charge in [0.25, 0.3) is 0 Å². The maximum atomic E-state index is 12.2. The molecule has 0 spiro atoms. The molecule has 0 heterocycles. The SMILES string of the molecule is Cc1cc(S(=O)(=O)NCC(CC(C)C)C(=O)O)ccc1C#N. The van der Waals surface area contributed by atoms with Crippen molar-refractivity contribution in [1.82, 2.24) is 4.72 Å². The van der Waals surface area contributed by atoms with Crippen molar-refractivity contribution in [2.75, 3.05) is 6.54 Å². The lowest BCUT2D eigenvalue weighted by molar-refractivity contribution is -0.142. The molecule has 1 unspecified atom stereocenters. The van der Waals surface area contributed by atoms with Crippen molar-refractivity contribution in [2.24, 2.45) is 11.8 Å². The molecule has 0 bridgehead atoms. The van der Waals surface area contributed by atoms with Crippen molar-refractivity contribution in [3.8, 4) is 6.07 Å². The molecular weight excluding hydrogens is 304 g/mol. The van der Waals surface area contributed by atoms with E-state index in [1.54, 1.807) is 6.92 Å². The molecule has 0 aromatic heterocycles. The molecule has 6 nitrogen and oxygen atoms in total. The first kappa shape index (κ1) is 18.1. The van der Waals surface area contributed by atoms with Crippen molar-refractivity contribution < 1.29 is 18.3 Å². The first-order chi connectivity index (χ1) is 10.2. The van der Waals surface area contributed by atoms with Gasteiger partial charge in [-0.3, -0.25) is 4.79 Å². The van der Waals surface area contributed by atoms with Crippen molar-refractivity contribution in [2.45, 2.75) is 32.1 Å². The molecular formula is C15H20N2O4S. The van der Waals surface area contributed by atoms with E-state index in [4.69, 9.17) is 10.4 Å². The summed E-state index contributed by atoms with van der Waals surface area (Å²) in [5, 5.41) is 18.0. The van der Waals surface area contributed by atoms with Gasteiger partial charge in [0.15, 0.2) is 0 Å². The molecule has 1 aromatic rings. The van der Waals surface area contributed by atoms with E-state index in [-0.39, 0.29) is 17.4 Å². The Morgan fingerprint density at radius 2 is 2.05 bits per heavy atom. The highest BCUT2D eigenvalue weighted by Gasteiger charge is 2.23. The number of hydrogen-bond donors (Lipinski definition) is 2. The topological polar surface area (TPSA) is 107 Å². The van der Waals surface area contributed by atoms with Crippen LogP contribution >= 0.6 is 0 Å². The van der Waals surface area contributed by atoms with Crippen molar-refractivity contribution in [3.05, 3.63) is 29.3 Å². The minimum Gasteiger partial charge on any atom is -0.481 e. The summed E-state index contributed by atoms with van der Waals surface area (Å²) < 4.78 is 26.8. The molecule has 7 heteroatoms. The Balaban J connectivity index is 2.89. The fourth-order valence-electron chi connectivity index (χ4n) is 2.06. The van der Waals surface area contributed by atoms with E-state index < -0.39 is 21.9 Å². The molecule has 22 heavy (non-hydrogen) atoms. The summed E-state index contributed by atoms with van der Waals surface area (Å²) in [7, 11) is -3.79. The Hall–Kier alpha value is -1.91. The van der Waals surface area contributed by atoms with Crippen LogP contribution in [-0.4, -0.2) is 26.0 Å². The number of aryl methyl sites for hydroxylation is 1. The Morgan fingerprint density at radius 3 is 2.50 bits per heavy atom. The molecule has 1 atom stereocenters. The molecule has 0 aliphatic rings. The van der Waals surface area contributed by atoms with Gasteiger partial charge in [-0.25, -0.2) is 13.1 Å². The van der Waals surface area contributed by atoms with Crippen LogP contribution < -0.4 is 4.72 Å². The van der Waals surface area contributed by atoms with Crippen molar-refractivity contribution in [1.29, 1.82) is 5.26 Å². The highest BCUT2D eigenvalue weighted by Crippen LogP contribution is 2.16. The molecule has 1 rings (SSSR count). The summed E-state index contributed by atoms with van der Waals surface area (Å²) in [6, 6.07) is 6.15. The number of benzene rings is 1. The quantitative estimate of drug-likeness (QED) is 0.796. The molecule has 0 saturated heterocycles. The second-order valence-electron chi connectivity index (χ2n) is 5.61. The van der Waals surface area contributed by atoms with E-state index in [1.807, 2.05) is 19.9 Å². The molecule has 0 fully saturated rings. The number of carbonyl (C=O) groups is 1. The second-order valence-corrected chi connectivity index (χ2v) is 7.37. The number of aliphatic carboxylic acids is 1. The van der Waals surface area contributed by atoms with Crippen LogP contribution in [0.3, 0.4) is 0 Å². The number of nitriles is 1. The monoisotopic (exact) mass is 324 g/mol. The van der Waals surface area contributed by atoms with E-state index in [2.05, 4.69) is 4.72 Å². The van der Waals surface area contributed by atoms with Gasteiger partial charge in [-0.1, -0.05) is 13.8 Å². The second kappa shape index (κ2) is 7.38. The maximum absolute atomic E-state index is 12.2. The molecule has 1 aromatic carbocycles. The summed E-state index contributed by atoms with van der Waals surface area (Å²) in [4.78, 5) is 11.2. The van der Waals surface area contributed by atoms with Crippen LogP contribution in [0.1, 0.15) is 31.4 Å². The number of hydrogen-bond acceptors (Lipinski definition) is 4. The fourth-order valence-corrected chi connectivity index (χ4v) is 3.23. The van der Waals surface area contributed by atoms with Crippen LogP contribution in [-0.2, 0) is 14.8 Å². The third kappa shape index (κ3) is 4.83. The Morgan fingerprint density at radius 1 is 1.41 bits per heavy atom. The standard InChI is InChI=1S/C15H20N2O4S/c1-10(2)6-13(15(18)19)9-17-22(20,21)14-5-4-12(8-16)11(3)7-14/h4-5,7,10,13,17H,6,9H2,1-3H3,(H,18,19). The van der Waals surface area contributed by atoms with Crippen LogP contribution in [0.15, 0.2) is 23.1 Å². The normalized spacial score (nSPS) is 12.9. The Labute approximate surface area is 130 Å². The minimum absolute atomic E-state index is 0.0256. The Kier molecular flexibility index (Phi) is 6.09. The average molecular weight is 324 g/mol. The van der Waals surface area contributed by atoms with Crippen LogP contribution in [0.25, 0.3) is 0 Å². The largest absolute Gasteiger partial charge is 0.481 e. The predicted molar refractivity (Wildman–Crippen MR) is 81.7 cm³/mol. The number of carboxylic acids is 1. The van der Waals surface area contributed by atoms with Gasteiger partial charge in [-0.2, -0.15) is 5.26 Å². The lowest BCUT2D eigenvalue weighted by Gasteiger charge is -2.15. The van der Waals surface area contributed by atoms with E-state index in [9.17, 15) is 13.2 Å². The molecule has 2 N–H and O–H groups in total. The minimum atomic E-state index is -3.79. The molecule has 0 aliphatic heterocycles. The number of nitrogens with zero attached hydrogens (tertiary/aromatic N) is 1. The number of carboxylic acid groups (broad SMARTS) is 1. The summed E-state index contributed by atoms with van der Waals surface area (Å²) in [5.74, 6) is -1.63. The Bertz CT molecular complexity index is 690. The zero-order valence-electron chi connectivity index (χ0n) is 12.8. The summed E-state index contributed by atoms with van der Waals surface area (Å²) in [6.07, 6.45) is 0.393. The smallest absolute Gasteiger partial charge is 0.307 e. The van der Waals surface area contributed by atoms with Gasteiger partial charge in [0.05, 0.1) is 22.4 Å². The van der Waals surface area contributed by atoms with Crippen LogP contribution in [0.4, 0.5) is 0 Å². The molecule has 120 valence electrons. The molecule has 0 radical (unpaired) electrons. The highest BCUT2D eigenvalue weighted by molar-refractivity contribution is 7.89. The van der Waals surface area contributed by atoms with Crippen molar-refractivity contribution >= 4 is 16.0 Å². The molecule has 0 aliphatic carbocycles. The van der Waals surface area contributed by atoms with Crippen LogP contribution in [0, 0.1) is 30.1 Å². The lowest BCUT2D eigenvalue weighted by atomic mass is 9.98. The number of sulfonamides is 1. The molecule has 0 amide bonds. The number of rotatable bonds is 7. The van der Waals surface area contributed by atoms with Crippen molar-refractivity contribution in [3.63, 3.8) is 0 Å². The van der Waals surface area contributed by atoms with Gasteiger partial charge in [0.2, 0.25) is 10.0 Å². The molecule has 0 saturated carbocycles. The summed E-state index contributed by atoms with van der Waals surface area (Å²) in [6.45, 7) is 5.26. The first-order valence-electron chi connectivity index (χ1n) is 6.90.